The quantitative estimate of drug-likeness (QED) is 0.564. The molecular weight excluding hydrogens is 290 g/mol. The van der Waals surface area contributed by atoms with Crippen LogP contribution in [0.15, 0.2) is 23.4 Å². The molecule has 0 aromatic carbocycles. The zero-order valence-corrected chi connectivity index (χ0v) is 12.8. The van der Waals surface area contributed by atoms with Crippen LogP contribution >= 0.6 is 0 Å². The molecule has 2 aliphatic rings. The third-order valence-corrected chi connectivity index (χ3v) is 4.08. The second kappa shape index (κ2) is 6.64. The van der Waals surface area contributed by atoms with Crippen LogP contribution in [-0.2, 0) is 23.8 Å². The molecule has 0 aromatic rings. The molecule has 120 valence electrons. The largest absolute Gasteiger partial charge is 0.466 e. The van der Waals surface area contributed by atoms with Crippen LogP contribution in [0.4, 0.5) is 4.79 Å². The molecule has 2 rings (SSSR count). The number of carbonyl (C=O) groups is 3. The number of rotatable bonds is 2. The Bertz CT molecular complexity index is 550. The Kier molecular flexibility index (Phi) is 4.85. The van der Waals surface area contributed by atoms with Crippen LogP contribution in [0.1, 0.15) is 12.8 Å². The van der Waals surface area contributed by atoms with Gasteiger partial charge in [-0.1, -0.05) is 6.08 Å². The first-order valence-corrected chi connectivity index (χ1v) is 6.93. The van der Waals surface area contributed by atoms with Crippen molar-refractivity contribution in [2.24, 2.45) is 11.8 Å². The van der Waals surface area contributed by atoms with Gasteiger partial charge in [0.15, 0.2) is 0 Å². The van der Waals surface area contributed by atoms with E-state index in [4.69, 9.17) is 14.2 Å². The summed E-state index contributed by atoms with van der Waals surface area (Å²) in [5, 5.41) is 0. The van der Waals surface area contributed by atoms with E-state index >= 15 is 0 Å². The van der Waals surface area contributed by atoms with Gasteiger partial charge in [-0.3, -0.25) is 4.90 Å². The Morgan fingerprint density at radius 2 is 1.77 bits per heavy atom. The highest BCUT2D eigenvalue weighted by Gasteiger charge is 2.39. The number of methoxy groups -OCH3 is 3. The highest BCUT2D eigenvalue weighted by atomic mass is 16.5. The van der Waals surface area contributed by atoms with Gasteiger partial charge in [0.1, 0.15) is 0 Å². The van der Waals surface area contributed by atoms with Gasteiger partial charge in [-0.2, -0.15) is 0 Å². The van der Waals surface area contributed by atoms with Crippen LogP contribution in [0.25, 0.3) is 0 Å². The average molecular weight is 309 g/mol. The van der Waals surface area contributed by atoms with Crippen molar-refractivity contribution in [3.63, 3.8) is 0 Å². The minimum Gasteiger partial charge on any atom is -0.466 e. The maximum absolute atomic E-state index is 12.0. The highest BCUT2D eigenvalue weighted by Crippen LogP contribution is 2.39. The number of ether oxygens (including phenoxy) is 3. The van der Waals surface area contributed by atoms with Crippen LogP contribution in [0.2, 0.25) is 0 Å². The Labute approximate surface area is 128 Å². The van der Waals surface area contributed by atoms with Crippen molar-refractivity contribution in [3.8, 4) is 0 Å². The Hall–Kier alpha value is -2.31. The summed E-state index contributed by atoms with van der Waals surface area (Å²) in [6, 6.07) is 0. The molecule has 1 amide bonds. The second-order valence-corrected chi connectivity index (χ2v) is 5.23. The van der Waals surface area contributed by atoms with E-state index in [1.807, 2.05) is 6.08 Å². The van der Waals surface area contributed by atoms with Crippen molar-refractivity contribution in [1.29, 1.82) is 0 Å². The van der Waals surface area contributed by atoms with Crippen molar-refractivity contribution in [2.45, 2.75) is 12.8 Å². The summed E-state index contributed by atoms with van der Waals surface area (Å²) in [5.41, 5.74) is 0.920. The van der Waals surface area contributed by atoms with Crippen LogP contribution in [0.3, 0.4) is 0 Å². The standard InChI is InChI=1S/C15H19NO6/c1-20-13(17)9-4-5-10-7-16(15(19)22-3)8-12(11(10)6-9)14(18)21-2/h4,8,10-11H,5-7H2,1-3H3/t10-,11-/m0/s1. The van der Waals surface area contributed by atoms with Gasteiger partial charge in [-0.25, -0.2) is 14.4 Å². The van der Waals surface area contributed by atoms with Gasteiger partial charge in [0.25, 0.3) is 0 Å². The molecule has 7 heteroatoms. The number of allylic oxidation sites excluding steroid dienone is 1. The second-order valence-electron chi connectivity index (χ2n) is 5.23. The summed E-state index contributed by atoms with van der Waals surface area (Å²) < 4.78 is 14.3. The van der Waals surface area contributed by atoms with Crippen LogP contribution in [0, 0.1) is 11.8 Å². The Morgan fingerprint density at radius 1 is 1.09 bits per heavy atom. The summed E-state index contributed by atoms with van der Waals surface area (Å²) in [4.78, 5) is 36.8. The molecule has 0 spiro atoms. The van der Waals surface area contributed by atoms with E-state index in [-0.39, 0.29) is 11.8 Å². The third-order valence-electron chi connectivity index (χ3n) is 4.08. The molecule has 7 nitrogen and oxygen atoms in total. The Morgan fingerprint density at radius 3 is 2.36 bits per heavy atom. The third kappa shape index (κ3) is 2.98. The zero-order valence-electron chi connectivity index (χ0n) is 12.8. The van der Waals surface area contributed by atoms with Crippen molar-refractivity contribution in [3.05, 3.63) is 23.4 Å². The highest BCUT2D eigenvalue weighted by molar-refractivity contribution is 5.92. The normalized spacial score (nSPS) is 23.7. The molecule has 22 heavy (non-hydrogen) atoms. The van der Waals surface area contributed by atoms with Gasteiger partial charge < -0.3 is 14.2 Å². The first-order valence-electron chi connectivity index (χ1n) is 6.93. The van der Waals surface area contributed by atoms with Gasteiger partial charge in [0.2, 0.25) is 0 Å². The van der Waals surface area contributed by atoms with E-state index in [9.17, 15) is 14.4 Å². The maximum Gasteiger partial charge on any atom is 0.413 e. The molecule has 0 saturated heterocycles. The molecule has 1 aliphatic carbocycles. The lowest BCUT2D eigenvalue weighted by Crippen LogP contribution is -2.42. The molecule has 0 fully saturated rings. The van der Waals surface area contributed by atoms with Crippen molar-refractivity contribution in [1.82, 2.24) is 4.90 Å². The van der Waals surface area contributed by atoms with E-state index in [2.05, 4.69) is 0 Å². The predicted octanol–water partition coefficient (Wildman–Crippen LogP) is 1.25. The number of hydrogen-bond acceptors (Lipinski definition) is 6. The fourth-order valence-corrected chi connectivity index (χ4v) is 2.94. The summed E-state index contributed by atoms with van der Waals surface area (Å²) in [5.74, 6) is -1.04. The molecule has 0 N–H and O–H groups in total. The van der Waals surface area contributed by atoms with Crippen molar-refractivity contribution in [2.75, 3.05) is 27.9 Å². The molecule has 2 atom stereocenters. The summed E-state index contributed by atoms with van der Waals surface area (Å²) in [6.07, 6.45) is 3.72. The topological polar surface area (TPSA) is 82.1 Å². The smallest absolute Gasteiger partial charge is 0.413 e. The minimum atomic E-state index is -0.525. The van der Waals surface area contributed by atoms with Gasteiger partial charge >= 0.3 is 18.0 Å². The van der Waals surface area contributed by atoms with Crippen LogP contribution < -0.4 is 0 Å². The molecule has 1 aliphatic heterocycles. The number of amides is 1. The van der Waals surface area contributed by atoms with Gasteiger partial charge in [-0.15, -0.1) is 0 Å². The lowest BCUT2D eigenvalue weighted by molar-refractivity contribution is -0.139. The number of nitrogens with zero attached hydrogens (tertiary/aromatic N) is 1. The van der Waals surface area contributed by atoms with E-state index in [1.54, 1.807) is 0 Å². The van der Waals surface area contributed by atoms with Crippen LogP contribution in [-0.4, -0.2) is 50.8 Å². The van der Waals surface area contributed by atoms with Gasteiger partial charge in [-0.05, 0) is 18.8 Å². The Balaban J connectivity index is 2.31. The zero-order chi connectivity index (χ0) is 16.3. The first-order chi connectivity index (χ1) is 10.5. The molecule has 0 aromatic heterocycles. The number of carbonyl (C=O) groups excluding carboxylic acids is 3. The summed E-state index contributed by atoms with van der Waals surface area (Å²) in [6.45, 7) is 0.433. The summed E-state index contributed by atoms with van der Waals surface area (Å²) >= 11 is 0. The molecular formula is C15H19NO6. The molecule has 0 unspecified atom stereocenters. The average Bonchev–Trinajstić information content (AvgIpc) is 2.57. The van der Waals surface area contributed by atoms with E-state index < -0.39 is 18.0 Å². The van der Waals surface area contributed by atoms with E-state index in [1.165, 1.54) is 32.4 Å². The monoisotopic (exact) mass is 309 g/mol. The predicted molar refractivity (Wildman–Crippen MR) is 75.5 cm³/mol. The van der Waals surface area contributed by atoms with Crippen LogP contribution in [0.5, 0.6) is 0 Å². The number of hydrogen-bond donors (Lipinski definition) is 0. The summed E-state index contributed by atoms with van der Waals surface area (Å²) in [7, 11) is 3.90. The number of esters is 2. The first kappa shape index (κ1) is 16.1. The number of fused-ring (bicyclic) bond motifs is 1. The van der Waals surface area contributed by atoms with Crippen molar-refractivity contribution >= 4 is 18.0 Å². The van der Waals surface area contributed by atoms with Crippen molar-refractivity contribution < 1.29 is 28.6 Å². The lowest BCUT2D eigenvalue weighted by Gasteiger charge is -2.38. The molecule has 0 saturated carbocycles. The van der Waals surface area contributed by atoms with E-state index in [0.29, 0.717) is 30.5 Å². The molecule has 0 radical (unpaired) electrons. The fourth-order valence-electron chi connectivity index (χ4n) is 2.94. The fraction of sp³-hybridized carbons (Fsp3) is 0.533. The lowest BCUT2D eigenvalue weighted by atomic mass is 9.73. The SMILES string of the molecule is COC(=O)C1=CC[C@H]2CN(C(=O)OC)C=C(C(=O)OC)[C@H]2C1. The molecule has 1 heterocycles. The van der Waals surface area contributed by atoms with Gasteiger partial charge in [0, 0.05) is 24.2 Å². The van der Waals surface area contributed by atoms with E-state index in [0.717, 1.165) is 0 Å². The molecule has 0 bridgehead atoms. The van der Waals surface area contributed by atoms with Gasteiger partial charge in [0.05, 0.1) is 26.9 Å². The maximum atomic E-state index is 12.0. The minimum absolute atomic E-state index is 0.0339.